The van der Waals surface area contributed by atoms with E-state index in [1.807, 2.05) is 12.1 Å². The quantitative estimate of drug-likeness (QED) is 0.797. The van der Waals surface area contributed by atoms with Gasteiger partial charge in [0.05, 0.1) is 6.61 Å². The Bertz CT molecular complexity index is 458. The number of likely N-dealkylation sites (N-methyl/N-ethyl adjacent to an activating group) is 1. The van der Waals surface area contributed by atoms with Gasteiger partial charge in [0.15, 0.2) is 0 Å². The van der Waals surface area contributed by atoms with Crippen molar-refractivity contribution in [1.82, 2.24) is 5.32 Å². The first-order valence-electron chi connectivity index (χ1n) is 6.30. The standard InChI is InChI=1S/C12H10.C4H9NO3/c1-3-7-11(8-4-1)12-9-5-2-6-10-12;1-5-3(2-6)4(7)8/h1-10H;3,5-6H,2H2,1H3,(H,7,8). The lowest BCUT2D eigenvalue weighted by Gasteiger charge is -2.04. The first-order valence-corrected chi connectivity index (χ1v) is 6.30. The summed E-state index contributed by atoms with van der Waals surface area (Å²) in [5.74, 6) is -1.03. The Morgan fingerprint density at radius 1 is 1.00 bits per heavy atom. The van der Waals surface area contributed by atoms with Crippen LogP contribution in [-0.4, -0.2) is 35.9 Å². The summed E-state index contributed by atoms with van der Waals surface area (Å²) in [5.41, 5.74) is 2.55. The molecule has 0 saturated heterocycles. The van der Waals surface area contributed by atoms with E-state index in [1.54, 1.807) is 0 Å². The lowest BCUT2D eigenvalue weighted by Crippen LogP contribution is -2.36. The molecule has 0 saturated carbocycles. The van der Waals surface area contributed by atoms with E-state index in [0.29, 0.717) is 0 Å². The third-order valence-corrected chi connectivity index (χ3v) is 2.71. The Balaban J connectivity index is 0.000000221. The molecule has 4 heteroatoms. The van der Waals surface area contributed by atoms with Gasteiger partial charge in [-0.25, -0.2) is 0 Å². The highest BCUT2D eigenvalue weighted by Crippen LogP contribution is 2.17. The zero-order chi connectivity index (χ0) is 14.8. The fourth-order valence-electron chi connectivity index (χ4n) is 1.55. The summed E-state index contributed by atoms with van der Waals surface area (Å²) in [6.07, 6.45) is 0. The van der Waals surface area contributed by atoms with Crippen molar-refractivity contribution in [2.24, 2.45) is 0 Å². The summed E-state index contributed by atoms with van der Waals surface area (Å²) in [5, 5.41) is 18.8. The van der Waals surface area contributed by atoms with Crippen LogP contribution in [0.3, 0.4) is 0 Å². The van der Waals surface area contributed by atoms with Gasteiger partial charge in [-0.2, -0.15) is 0 Å². The maximum atomic E-state index is 9.94. The molecule has 0 bridgehead atoms. The van der Waals surface area contributed by atoms with Gasteiger partial charge in [-0.1, -0.05) is 60.7 Å². The van der Waals surface area contributed by atoms with Crippen molar-refractivity contribution < 1.29 is 15.0 Å². The summed E-state index contributed by atoms with van der Waals surface area (Å²) in [4.78, 5) is 9.94. The molecule has 1 atom stereocenters. The number of aliphatic hydroxyl groups is 1. The SMILES string of the molecule is CNC(CO)C(=O)O.c1ccc(-c2ccccc2)cc1. The van der Waals surface area contributed by atoms with Gasteiger partial charge >= 0.3 is 5.97 Å². The Hall–Kier alpha value is -2.17. The number of nitrogens with one attached hydrogen (secondary N) is 1. The van der Waals surface area contributed by atoms with Crippen molar-refractivity contribution in [2.75, 3.05) is 13.7 Å². The minimum Gasteiger partial charge on any atom is -0.480 e. The molecule has 4 nitrogen and oxygen atoms in total. The van der Waals surface area contributed by atoms with Crippen LogP contribution in [0.5, 0.6) is 0 Å². The molecule has 2 rings (SSSR count). The summed E-state index contributed by atoms with van der Waals surface area (Å²) in [6.45, 7) is -0.369. The summed E-state index contributed by atoms with van der Waals surface area (Å²) < 4.78 is 0. The highest BCUT2D eigenvalue weighted by molar-refractivity contribution is 5.73. The molecule has 2 aromatic carbocycles. The second-order valence-electron chi connectivity index (χ2n) is 4.09. The van der Waals surface area contributed by atoms with Gasteiger partial charge in [-0.05, 0) is 18.2 Å². The Labute approximate surface area is 118 Å². The molecular formula is C16H19NO3. The number of rotatable bonds is 4. The van der Waals surface area contributed by atoms with Gasteiger partial charge in [0.1, 0.15) is 6.04 Å². The molecule has 106 valence electrons. The van der Waals surface area contributed by atoms with Gasteiger partial charge in [-0.3, -0.25) is 4.79 Å². The van der Waals surface area contributed by atoms with Crippen molar-refractivity contribution in [1.29, 1.82) is 0 Å². The third kappa shape index (κ3) is 5.22. The minimum atomic E-state index is -1.03. The normalized spacial score (nSPS) is 11.1. The zero-order valence-electron chi connectivity index (χ0n) is 11.4. The van der Waals surface area contributed by atoms with Crippen LogP contribution >= 0.6 is 0 Å². The Morgan fingerprint density at radius 3 is 1.60 bits per heavy atom. The van der Waals surface area contributed by atoms with Gasteiger partial charge in [0.2, 0.25) is 0 Å². The molecule has 0 aliphatic heterocycles. The molecule has 0 amide bonds. The summed E-state index contributed by atoms with van der Waals surface area (Å²) in [6, 6.07) is 20.0. The minimum absolute atomic E-state index is 0.369. The van der Waals surface area contributed by atoms with E-state index < -0.39 is 12.0 Å². The first-order chi connectivity index (χ1) is 9.69. The van der Waals surface area contributed by atoms with Crippen LogP contribution in [0.4, 0.5) is 0 Å². The van der Waals surface area contributed by atoms with E-state index >= 15 is 0 Å². The Kier molecular flexibility index (Phi) is 7.03. The van der Waals surface area contributed by atoms with E-state index in [4.69, 9.17) is 10.2 Å². The van der Waals surface area contributed by atoms with Crippen molar-refractivity contribution in [3.8, 4) is 11.1 Å². The van der Waals surface area contributed by atoms with Crippen LogP contribution in [-0.2, 0) is 4.79 Å². The monoisotopic (exact) mass is 273 g/mol. The number of carboxylic acids is 1. The van der Waals surface area contributed by atoms with E-state index in [2.05, 4.69) is 53.8 Å². The van der Waals surface area contributed by atoms with Gasteiger partial charge in [-0.15, -0.1) is 0 Å². The number of hydrogen-bond donors (Lipinski definition) is 3. The highest BCUT2D eigenvalue weighted by atomic mass is 16.4. The van der Waals surface area contributed by atoms with Crippen LogP contribution in [0.15, 0.2) is 60.7 Å². The molecule has 20 heavy (non-hydrogen) atoms. The van der Waals surface area contributed by atoms with Crippen LogP contribution in [0.2, 0.25) is 0 Å². The predicted molar refractivity (Wildman–Crippen MR) is 79.4 cm³/mol. The van der Waals surface area contributed by atoms with Crippen molar-refractivity contribution >= 4 is 5.97 Å². The average molecular weight is 273 g/mol. The van der Waals surface area contributed by atoms with Crippen LogP contribution in [0, 0.1) is 0 Å². The molecular weight excluding hydrogens is 254 g/mol. The lowest BCUT2D eigenvalue weighted by molar-refractivity contribution is -0.140. The number of carboxylic acid groups (broad SMARTS) is 1. The molecule has 0 aliphatic rings. The second kappa shape index (κ2) is 8.85. The smallest absolute Gasteiger partial charge is 0.323 e. The number of benzene rings is 2. The third-order valence-electron chi connectivity index (χ3n) is 2.71. The van der Waals surface area contributed by atoms with Crippen molar-refractivity contribution in [2.45, 2.75) is 6.04 Å². The lowest BCUT2D eigenvalue weighted by atomic mass is 10.1. The molecule has 0 aliphatic carbocycles. The van der Waals surface area contributed by atoms with E-state index in [-0.39, 0.29) is 6.61 Å². The topological polar surface area (TPSA) is 69.6 Å². The van der Waals surface area contributed by atoms with Crippen LogP contribution < -0.4 is 5.32 Å². The molecule has 0 aromatic heterocycles. The van der Waals surface area contributed by atoms with Gasteiger partial charge in [0, 0.05) is 0 Å². The summed E-state index contributed by atoms with van der Waals surface area (Å²) in [7, 11) is 1.48. The summed E-state index contributed by atoms with van der Waals surface area (Å²) >= 11 is 0. The van der Waals surface area contributed by atoms with Crippen LogP contribution in [0.1, 0.15) is 0 Å². The molecule has 0 radical (unpaired) electrons. The second-order valence-corrected chi connectivity index (χ2v) is 4.09. The zero-order valence-corrected chi connectivity index (χ0v) is 11.4. The number of aliphatic carboxylic acids is 1. The average Bonchev–Trinajstić information content (AvgIpc) is 2.51. The fraction of sp³-hybridized carbons (Fsp3) is 0.188. The van der Waals surface area contributed by atoms with E-state index in [0.717, 1.165) is 0 Å². The van der Waals surface area contributed by atoms with E-state index in [9.17, 15) is 4.79 Å². The molecule has 0 fully saturated rings. The molecule has 0 spiro atoms. The largest absolute Gasteiger partial charge is 0.480 e. The van der Waals surface area contributed by atoms with Gasteiger partial charge in [0.25, 0.3) is 0 Å². The maximum absolute atomic E-state index is 9.94. The van der Waals surface area contributed by atoms with Crippen molar-refractivity contribution in [3.63, 3.8) is 0 Å². The van der Waals surface area contributed by atoms with E-state index in [1.165, 1.54) is 18.2 Å². The fourth-order valence-corrected chi connectivity index (χ4v) is 1.55. The predicted octanol–water partition coefficient (Wildman–Crippen LogP) is 2.00. The Morgan fingerprint density at radius 2 is 1.40 bits per heavy atom. The first kappa shape index (κ1) is 15.9. The van der Waals surface area contributed by atoms with Crippen molar-refractivity contribution in [3.05, 3.63) is 60.7 Å². The molecule has 3 N–H and O–H groups in total. The molecule has 1 unspecified atom stereocenters. The number of carbonyl (C=O) groups is 1. The highest BCUT2D eigenvalue weighted by Gasteiger charge is 2.11. The van der Waals surface area contributed by atoms with Crippen LogP contribution in [0.25, 0.3) is 11.1 Å². The van der Waals surface area contributed by atoms with Gasteiger partial charge < -0.3 is 15.5 Å². The molecule has 2 aromatic rings. The number of aliphatic hydroxyl groups excluding tert-OH is 1. The number of hydrogen-bond acceptors (Lipinski definition) is 3. The molecule has 0 heterocycles. The maximum Gasteiger partial charge on any atom is 0.323 e.